The number of hydrogen-bond acceptors (Lipinski definition) is 3. The Morgan fingerprint density at radius 2 is 2.08 bits per heavy atom. The van der Waals surface area contributed by atoms with E-state index in [1.165, 1.54) is 36.3 Å². The van der Waals surface area contributed by atoms with Crippen LogP contribution in [0.3, 0.4) is 0 Å². The van der Waals surface area contributed by atoms with Crippen molar-refractivity contribution in [3.63, 3.8) is 0 Å². The van der Waals surface area contributed by atoms with Crippen LogP contribution in [0.2, 0.25) is 0 Å². The van der Waals surface area contributed by atoms with Crippen molar-refractivity contribution in [1.82, 2.24) is 14.7 Å². The highest BCUT2D eigenvalue weighted by Crippen LogP contribution is 2.36. The van der Waals surface area contributed by atoms with E-state index in [0.717, 1.165) is 26.4 Å². The monoisotopic (exact) mass is 371 g/mol. The lowest BCUT2D eigenvalue weighted by molar-refractivity contribution is 0.0732. The van der Waals surface area contributed by atoms with Crippen LogP contribution in [0.4, 0.5) is 4.39 Å². The third-order valence-electron chi connectivity index (χ3n) is 5.30. The van der Waals surface area contributed by atoms with Crippen molar-refractivity contribution in [2.75, 3.05) is 7.05 Å². The highest BCUT2D eigenvalue weighted by Gasteiger charge is 2.33. The second-order valence-corrected chi connectivity index (χ2v) is 8.22. The molecule has 1 aromatic carbocycles. The van der Waals surface area contributed by atoms with E-state index in [1.54, 1.807) is 12.1 Å². The normalized spacial score (nSPS) is 15.4. The molecule has 1 atom stereocenters. The summed E-state index contributed by atoms with van der Waals surface area (Å²) in [6.45, 7) is 4.65. The molecule has 0 saturated heterocycles. The van der Waals surface area contributed by atoms with Crippen molar-refractivity contribution < 1.29 is 9.18 Å². The fourth-order valence-electron chi connectivity index (χ4n) is 3.34. The molecule has 1 amide bonds. The van der Waals surface area contributed by atoms with Crippen LogP contribution in [0, 0.1) is 18.7 Å². The summed E-state index contributed by atoms with van der Waals surface area (Å²) < 4.78 is 15.0. The molecular formula is C20H22FN3OS. The highest BCUT2D eigenvalue weighted by atomic mass is 32.1. The van der Waals surface area contributed by atoms with E-state index < -0.39 is 0 Å². The van der Waals surface area contributed by atoms with E-state index in [9.17, 15) is 9.18 Å². The van der Waals surface area contributed by atoms with Crippen LogP contribution in [-0.4, -0.2) is 33.7 Å². The summed E-state index contributed by atoms with van der Waals surface area (Å²) in [6, 6.07) is 8.69. The van der Waals surface area contributed by atoms with Crippen molar-refractivity contribution in [1.29, 1.82) is 0 Å². The summed E-state index contributed by atoms with van der Waals surface area (Å²) in [6.07, 6.45) is 2.44. The van der Waals surface area contributed by atoms with Gasteiger partial charge >= 0.3 is 0 Å². The number of thiophene rings is 1. The van der Waals surface area contributed by atoms with Gasteiger partial charge in [0.2, 0.25) is 0 Å². The molecule has 0 radical (unpaired) electrons. The standard InChI is InChI=1S/C20H22FN3OS/c1-12-17-10-18(19(25)23(3)13(2)15-6-7-15)26-20(17)24(22-12)11-14-4-8-16(21)9-5-14/h4-5,8-10,13,15H,6-7,11H2,1-3H3. The van der Waals surface area contributed by atoms with E-state index >= 15 is 0 Å². The maximum atomic E-state index is 13.1. The first kappa shape index (κ1) is 17.2. The third kappa shape index (κ3) is 3.14. The van der Waals surface area contributed by atoms with Gasteiger partial charge in [-0.25, -0.2) is 4.39 Å². The third-order valence-corrected chi connectivity index (χ3v) is 6.44. The summed E-state index contributed by atoms with van der Waals surface area (Å²) in [7, 11) is 1.90. The maximum absolute atomic E-state index is 13.1. The molecular weight excluding hydrogens is 349 g/mol. The quantitative estimate of drug-likeness (QED) is 0.664. The van der Waals surface area contributed by atoms with Gasteiger partial charge in [0.15, 0.2) is 0 Å². The molecule has 0 N–H and O–H groups in total. The average Bonchev–Trinajstić information content (AvgIpc) is 3.32. The minimum Gasteiger partial charge on any atom is -0.338 e. The Labute approximate surface area is 156 Å². The van der Waals surface area contributed by atoms with Crippen molar-refractivity contribution in [2.24, 2.45) is 5.92 Å². The number of carbonyl (C=O) groups is 1. The number of hydrogen-bond donors (Lipinski definition) is 0. The van der Waals surface area contributed by atoms with Gasteiger partial charge in [-0.05, 0) is 56.4 Å². The lowest BCUT2D eigenvalue weighted by Crippen LogP contribution is -2.35. The van der Waals surface area contributed by atoms with E-state index in [4.69, 9.17) is 0 Å². The number of nitrogens with zero attached hydrogens (tertiary/aromatic N) is 3. The predicted molar refractivity (Wildman–Crippen MR) is 102 cm³/mol. The van der Waals surface area contributed by atoms with Crippen molar-refractivity contribution >= 4 is 27.5 Å². The molecule has 1 aliphatic carbocycles. The Hall–Kier alpha value is -2.21. The number of amides is 1. The van der Waals surface area contributed by atoms with Crippen LogP contribution in [0.1, 0.15) is 40.7 Å². The SMILES string of the molecule is Cc1nn(Cc2ccc(F)cc2)c2sc(C(=O)N(C)C(C)C3CC3)cc12. The van der Waals surface area contributed by atoms with E-state index in [0.29, 0.717) is 12.5 Å². The number of halogens is 1. The van der Waals surface area contributed by atoms with Gasteiger partial charge in [0.1, 0.15) is 10.6 Å². The molecule has 2 heterocycles. The molecule has 3 aromatic rings. The average molecular weight is 371 g/mol. The Morgan fingerprint density at radius 1 is 1.38 bits per heavy atom. The lowest BCUT2D eigenvalue weighted by atomic mass is 10.2. The van der Waals surface area contributed by atoms with Gasteiger partial charge in [0, 0.05) is 18.5 Å². The summed E-state index contributed by atoms with van der Waals surface area (Å²) in [5, 5.41) is 5.62. The van der Waals surface area contributed by atoms with Crippen molar-refractivity contribution in [3.8, 4) is 0 Å². The molecule has 6 heteroatoms. The number of rotatable bonds is 5. The molecule has 1 aliphatic rings. The molecule has 4 rings (SSSR count). The number of benzene rings is 1. The zero-order valence-electron chi connectivity index (χ0n) is 15.2. The number of aryl methyl sites for hydroxylation is 1. The zero-order valence-corrected chi connectivity index (χ0v) is 16.0. The lowest BCUT2D eigenvalue weighted by Gasteiger charge is -2.24. The van der Waals surface area contributed by atoms with Crippen molar-refractivity contribution in [2.45, 2.75) is 39.3 Å². The predicted octanol–water partition coefficient (Wildman–Crippen LogP) is 4.46. The molecule has 2 aromatic heterocycles. The zero-order chi connectivity index (χ0) is 18.4. The summed E-state index contributed by atoms with van der Waals surface area (Å²) in [5.41, 5.74) is 1.90. The van der Waals surface area contributed by atoms with Crippen LogP contribution in [0.25, 0.3) is 10.2 Å². The van der Waals surface area contributed by atoms with E-state index in [-0.39, 0.29) is 17.8 Å². The summed E-state index contributed by atoms with van der Waals surface area (Å²) >= 11 is 1.49. The molecule has 1 saturated carbocycles. The Bertz CT molecular complexity index is 956. The smallest absolute Gasteiger partial charge is 0.264 e. The second-order valence-electron chi connectivity index (χ2n) is 7.19. The first-order valence-corrected chi connectivity index (χ1v) is 9.74. The van der Waals surface area contributed by atoms with Crippen LogP contribution in [0.5, 0.6) is 0 Å². The maximum Gasteiger partial charge on any atom is 0.264 e. The van der Waals surface area contributed by atoms with Gasteiger partial charge in [-0.15, -0.1) is 11.3 Å². The minimum atomic E-state index is -0.243. The Balaban J connectivity index is 1.62. The van der Waals surface area contributed by atoms with Gasteiger partial charge in [-0.3, -0.25) is 9.48 Å². The Kier molecular flexibility index (Phi) is 4.31. The van der Waals surface area contributed by atoms with E-state index in [2.05, 4.69) is 12.0 Å². The minimum absolute atomic E-state index is 0.0818. The summed E-state index contributed by atoms with van der Waals surface area (Å²) in [5.74, 6) is 0.486. The number of fused-ring (bicyclic) bond motifs is 1. The molecule has 4 nitrogen and oxygen atoms in total. The molecule has 1 fully saturated rings. The van der Waals surface area contributed by atoms with Gasteiger partial charge in [-0.1, -0.05) is 12.1 Å². The molecule has 136 valence electrons. The topological polar surface area (TPSA) is 38.1 Å². The largest absolute Gasteiger partial charge is 0.338 e. The fourth-order valence-corrected chi connectivity index (χ4v) is 4.49. The molecule has 26 heavy (non-hydrogen) atoms. The highest BCUT2D eigenvalue weighted by molar-refractivity contribution is 7.20. The second kappa shape index (κ2) is 6.50. The Morgan fingerprint density at radius 3 is 2.73 bits per heavy atom. The van der Waals surface area contributed by atoms with E-state index in [1.807, 2.05) is 29.6 Å². The molecule has 1 unspecified atom stereocenters. The first-order valence-electron chi connectivity index (χ1n) is 8.92. The van der Waals surface area contributed by atoms with Gasteiger partial charge < -0.3 is 4.90 Å². The number of aromatic nitrogens is 2. The molecule has 0 spiro atoms. The van der Waals surface area contributed by atoms with Crippen LogP contribution >= 0.6 is 11.3 Å². The molecule has 0 bridgehead atoms. The fraction of sp³-hybridized carbons (Fsp3) is 0.400. The van der Waals surface area contributed by atoms with Crippen LogP contribution in [0.15, 0.2) is 30.3 Å². The van der Waals surface area contributed by atoms with Crippen LogP contribution < -0.4 is 0 Å². The first-order chi connectivity index (χ1) is 12.4. The van der Waals surface area contributed by atoms with Crippen LogP contribution in [-0.2, 0) is 6.54 Å². The molecule has 0 aliphatic heterocycles. The number of carbonyl (C=O) groups excluding carboxylic acids is 1. The van der Waals surface area contributed by atoms with Gasteiger partial charge in [-0.2, -0.15) is 5.10 Å². The summed E-state index contributed by atoms with van der Waals surface area (Å²) in [4.78, 5) is 16.5. The van der Waals surface area contributed by atoms with Crippen molar-refractivity contribution in [3.05, 3.63) is 52.3 Å². The van der Waals surface area contributed by atoms with Gasteiger partial charge in [0.25, 0.3) is 5.91 Å². The van der Waals surface area contributed by atoms with Gasteiger partial charge in [0.05, 0.1) is 17.1 Å².